The molecular formula is C87H54N12. The Kier molecular flexibility index (Phi) is 13.6. The first-order chi connectivity index (χ1) is 49.0. The summed E-state index contributed by atoms with van der Waals surface area (Å²) >= 11 is 0. The van der Waals surface area contributed by atoms with Crippen LogP contribution in [0.4, 0.5) is 0 Å². The fourth-order valence-corrected chi connectivity index (χ4v) is 14.1. The van der Waals surface area contributed by atoms with Crippen LogP contribution in [0.5, 0.6) is 0 Å². The minimum Gasteiger partial charge on any atom is -0.294 e. The molecule has 0 radical (unpaired) electrons. The van der Waals surface area contributed by atoms with Gasteiger partial charge in [-0.25, -0.2) is 29.9 Å². The van der Waals surface area contributed by atoms with E-state index in [2.05, 4.69) is 302 Å². The van der Waals surface area contributed by atoms with Crippen molar-refractivity contribution in [3.05, 3.63) is 328 Å². The first kappa shape index (κ1) is 56.8. The monoisotopic (exact) mass is 1270 g/mol. The van der Waals surface area contributed by atoms with Crippen molar-refractivity contribution in [3.8, 4) is 119 Å². The van der Waals surface area contributed by atoms with E-state index in [0.29, 0.717) is 17.1 Å². The second-order valence-electron chi connectivity index (χ2n) is 24.7. The Morgan fingerprint density at radius 2 is 0.434 bits per heavy atom. The number of para-hydroxylation sites is 3. The molecule has 0 N–H and O–H groups in total. The lowest BCUT2D eigenvalue weighted by Crippen LogP contribution is -2.00. The Bertz CT molecular complexity index is 5590. The maximum absolute atomic E-state index is 5.49. The van der Waals surface area contributed by atoms with Crippen LogP contribution in [-0.4, -0.2) is 58.6 Å². The maximum Gasteiger partial charge on any atom is 0.138 e. The van der Waals surface area contributed by atoms with Crippen LogP contribution in [0.1, 0.15) is 0 Å². The number of aromatic nitrogens is 12. The molecule has 0 amide bonds. The molecule has 0 saturated carbocycles. The predicted octanol–water partition coefficient (Wildman–Crippen LogP) is 20.5. The van der Waals surface area contributed by atoms with Gasteiger partial charge < -0.3 is 0 Å². The van der Waals surface area contributed by atoms with E-state index in [1.54, 1.807) is 0 Å². The summed E-state index contributed by atoms with van der Waals surface area (Å²) in [4.78, 5) is 46.5. The van der Waals surface area contributed by atoms with E-state index in [-0.39, 0.29) is 0 Å². The minimum absolute atomic E-state index is 0.716. The predicted molar refractivity (Wildman–Crippen MR) is 399 cm³/mol. The normalized spacial score (nSPS) is 11.6. The van der Waals surface area contributed by atoms with Crippen molar-refractivity contribution in [2.45, 2.75) is 0 Å². The topological polar surface area (TPSA) is 131 Å². The zero-order valence-electron chi connectivity index (χ0n) is 53.0. The third-order valence-electron chi connectivity index (χ3n) is 18.7. The molecule has 0 saturated heterocycles. The molecule has 0 fully saturated rings. The molecule has 0 aliphatic heterocycles. The largest absolute Gasteiger partial charge is 0.294 e. The standard InChI is InChI=1S/C87H54N12/c1-4-19-55(20-5-1)73-46-61(49-76(91-73)70-28-16-34-85(94-70)97-79-31-13-10-25-64(79)67-52-88-40-37-82(67)97)58-43-59(62-47-74(56-21-6-2-7-22-56)92-77(50-62)71-29-17-35-86(95-71)98-80-32-14-11-26-65(80)68-53-89-41-38-83(68)98)45-60(44-58)63-48-75(57-23-8-3-9-24-57)93-78(51-63)72-30-18-36-87(96-72)99-81-33-15-12-27-66(81)69-54-90-42-39-84(69)99/h1-54H. The van der Waals surface area contributed by atoms with Crippen LogP contribution in [0.25, 0.3) is 184 Å². The summed E-state index contributed by atoms with van der Waals surface area (Å²) < 4.78 is 6.65. The molecule has 19 rings (SSSR count). The Hall–Kier alpha value is -13.7. The lowest BCUT2D eigenvalue weighted by Gasteiger charge is -2.16. The van der Waals surface area contributed by atoms with Crippen LogP contribution in [-0.2, 0) is 0 Å². The van der Waals surface area contributed by atoms with Gasteiger partial charge in [0.1, 0.15) is 17.5 Å². The lowest BCUT2D eigenvalue weighted by molar-refractivity contribution is 1.08. The number of rotatable bonds is 12. The highest BCUT2D eigenvalue weighted by molar-refractivity contribution is 6.11. The van der Waals surface area contributed by atoms with Crippen LogP contribution < -0.4 is 0 Å². The molecule has 0 unspecified atom stereocenters. The van der Waals surface area contributed by atoms with E-state index >= 15 is 0 Å². The van der Waals surface area contributed by atoms with Crippen molar-refractivity contribution in [1.29, 1.82) is 0 Å². The average molecular weight is 1270 g/mol. The van der Waals surface area contributed by atoms with Gasteiger partial charge in [0.05, 0.1) is 84.3 Å². The van der Waals surface area contributed by atoms with Gasteiger partial charge in [0.2, 0.25) is 0 Å². The van der Waals surface area contributed by atoms with Gasteiger partial charge in [-0.3, -0.25) is 28.7 Å². The molecular weight excluding hydrogens is 1210 g/mol. The Labute approximate surface area is 567 Å². The first-order valence-electron chi connectivity index (χ1n) is 32.9. The molecule has 7 aromatic carbocycles. The Morgan fingerprint density at radius 3 is 0.747 bits per heavy atom. The van der Waals surface area contributed by atoms with Gasteiger partial charge in [-0.05, 0) is 161 Å². The van der Waals surface area contributed by atoms with Crippen molar-refractivity contribution < 1.29 is 0 Å². The Balaban J connectivity index is 0.837. The summed E-state index contributed by atoms with van der Waals surface area (Å²) in [5, 5.41) is 6.49. The highest BCUT2D eigenvalue weighted by Crippen LogP contribution is 2.42. The molecule has 0 aliphatic carbocycles. The molecule has 0 spiro atoms. The summed E-state index contributed by atoms with van der Waals surface area (Å²) in [6.45, 7) is 0. The molecule has 462 valence electrons. The van der Waals surface area contributed by atoms with E-state index in [1.807, 2.05) is 55.4 Å². The third kappa shape index (κ3) is 10.1. The molecule has 12 aromatic heterocycles. The highest BCUT2D eigenvalue weighted by Gasteiger charge is 2.22. The number of hydrogen-bond acceptors (Lipinski definition) is 9. The molecule has 12 heterocycles. The first-order valence-corrected chi connectivity index (χ1v) is 32.9. The van der Waals surface area contributed by atoms with Gasteiger partial charge in [0, 0.05) is 86.2 Å². The summed E-state index contributed by atoms with van der Waals surface area (Å²) in [6.07, 6.45) is 11.3. The van der Waals surface area contributed by atoms with Crippen LogP contribution >= 0.6 is 0 Å². The van der Waals surface area contributed by atoms with Crippen molar-refractivity contribution in [1.82, 2.24) is 58.6 Å². The molecule has 0 bridgehead atoms. The summed E-state index contributed by atoms with van der Waals surface area (Å²) in [7, 11) is 0. The fraction of sp³-hybridized carbons (Fsp3) is 0. The highest BCUT2D eigenvalue weighted by atomic mass is 15.1. The van der Waals surface area contributed by atoms with E-state index in [0.717, 1.165) is 167 Å². The number of nitrogens with zero attached hydrogens (tertiary/aromatic N) is 12. The fourth-order valence-electron chi connectivity index (χ4n) is 14.1. The molecule has 12 heteroatoms. The second-order valence-corrected chi connectivity index (χ2v) is 24.7. The number of pyridine rings is 9. The van der Waals surface area contributed by atoms with Gasteiger partial charge in [-0.15, -0.1) is 0 Å². The van der Waals surface area contributed by atoms with E-state index < -0.39 is 0 Å². The van der Waals surface area contributed by atoms with Crippen LogP contribution in [0.2, 0.25) is 0 Å². The van der Waals surface area contributed by atoms with Gasteiger partial charge >= 0.3 is 0 Å². The SMILES string of the molecule is c1ccc(-c2cc(-c3cc(-c4cc(-c5ccccc5)nc(-c5cccc(-n6c7ccccc7c7cnccc76)n5)c4)cc(-c4cc(-c5ccccc5)nc(-c5cccc(-n6c7ccccc7c7cnccc76)n5)c4)c3)cc(-c3cccc(-n4c5ccccc5c5cnccc54)n3)n2)cc1. The zero-order chi connectivity index (χ0) is 65.3. The van der Waals surface area contributed by atoms with Crippen molar-refractivity contribution in [2.75, 3.05) is 0 Å². The van der Waals surface area contributed by atoms with Crippen molar-refractivity contribution in [3.63, 3.8) is 0 Å². The summed E-state index contributed by atoms with van der Waals surface area (Å²) in [5.41, 5.74) is 21.5. The summed E-state index contributed by atoms with van der Waals surface area (Å²) in [6, 6.07) is 101. The van der Waals surface area contributed by atoms with Crippen molar-refractivity contribution >= 4 is 65.4 Å². The van der Waals surface area contributed by atoms with Crippen LogP contribution in [0.15, 0.2) is 328 Å². The maximum atomic E-state index is 5.49. The number of hydrogen-bond donors (Lipinski definition) is 0. The molecule has 19 aromatic rings. The Morgan fingerprint density at radius 1 is 0.172 bits per heavy atom. The number of fused-ring (bicyclic) bond motifs is 9. The van der Waals surface area contributed by atoms with E-state index in [1.165, 1.54) is 0 Å². The van der Waals surface area contributed by atoms with Gasteiger partial charge in [0.25, 0.3) is 0 Å². The number of benzene rings is 7. The molecule has 0 aliphatic rings. The average Bonchev–Trinajstić information content (AvgIpc) is 1.68. The van der Waals surface area contributed by atoms with E-state index in [4.69, 9.17) is 29.9 Å². The van der Waals surface area contributed by atoms with Gasteiger partial charge in [0.15, 0.2) is 0 Å². The zero-order valence-corrected chi connectivity index (χ0v) is 53.0. The summed E-state index contributed by atoms with van der Waals surface area (Å²) in [5.74, 6) is 2.31. The smallest absolute Gasteiger partial charge is 0.138 e. The van der Waals surface area contributed by atoms with E-state index in [9.17, 15) is 0 Å². The second kappa shape index (κ2) is 23.6. The lowest BCUT2D eigenvalue weighted by atomic mass is 9.91. The molecule has 99 heavy (non-hydrogen) atoms. The molecule has 12 nitrogen and oxygen atoms in total. The van der Waals surface area contributed by atoms with Crippen LogP contribution in [0.3, 0.4) is 0 Å². The van der Waals surface area contributed by atoms with Crippen LogP contribution in [0, 0.1) is 0 Å². The van der Waals surface area contributed by atoms with Gasteiger partial charge in [-0.1, -0.05) is 164 Å². The minimum atomic E-state index is 0.716. The van der Waals surface area contributed by atoms with Gasteiger partial charge in [-0.2, -0.15) is 0 Å². The molecule has 0 atom stereocenters. The third-order valence-corrected chi connectivity index (χ3v) is 18.7. The quantitative estimate of drug-likeness (QED) is 0.117. The van der Waals surface area contributed by atoms with Crippen molar-refractivity contribution in [2.24, 2.45) is 0 Å².